The molecule has 0 spiro atoms. The number of fused-ring (bicyclic) bond motifs is 1. The average Bonchev–Trinajstić information content (AvgIpc) is 2.48. The van der Waals surface area contributed by atoms with Gasteiger partial charge in [0.25, 0.3) is 0 Å². The average molecular weight is 268 g/mol. The smallest absolute Gasteiger partial charge is 0.239 e. The van der Waals surface area contributed by atoms with Crippen molar-refractivity contribution in [2.45, 2.75) is 19.0 Å². The number of carbonyl (C=O) groups excluding carboxylic acids is 1. The van der Waals surface area contributed by atoms with Crippen LogP contribution in [-0.4, -0.2) is 27.3 Å². The second-order valence-corrected chi connectivity index (χ2v) is 4.93. The Morgan fingerprint density at radius 3 is 2.85 bits per heavy atom. The second-order valence-electron chi connectivity index (χ2n) is 4.93. The zero-order chi connectivity index (χ0) is 13.9. The fourth-order valence-corrected chi connectivity index (χ4v) is 2.68. The van der Waals surface area contributed by atoms with Gasteiger partial charge in [0.15, 0.2) is 0 Å². The number of benzene rings is 1. The minimum atomic E-state index is -0.403. The SMILES string of the molecule is NC(=O)C(c1ccccc1)N1CCc2cncnc2C1. The van der Waals surface area contributed by atoms with E-state index in [4.69, 9.17) is 5.73 Å². The normalized spacial score (nSPS) is 16.4. The number of aromatic nitrogens is 2. The van der Waals surface area contributed by atoms with Crippen molar-refractivity contribution in [1.82, 2.24) is 14.9 Å². The van der Waals surface area contributed by atoms with E-state index in [1.54, 1.807) is 6.33 Å². The molecule has 0 saturated heterocycles. The fourth-order valence-electron chi connectivity index (χ4n) is 2.68. The van der Waals surface area contributed by atoms with Gasteiger partial charge in [-0.15, -0.1) is 0 Å². The van der Waals surface area contributed by atoms with E-state index >= 15 is 0 Å². The minimum Gasteiger partial charge on any atom is -0.368 e. The van der Waals surface area contributed by atoms with Crippen LogP contribution in [0.4, 0.5) is 0 Å². The van der Waals surface area contributed by atoms with Crippen molar-refractivity contribution in [3.8, 4) is 0 Å². The number of nitrogens with zero attached hydrogens (tertiary/aromatic N) is 3. The molecule has 0 fully saturated rings. The zero-order valence-corrected chi connectivity index (χ0v) is 11.1. The molecule has 1 aromatic heterocycles. The first-order valence-corrected chi connectivity index (χ1v) is 6.62. The standard InChI is InChI=1S/C15H16N4O/c16-15(20)14(11-4-2-1-3-5-11)19-7-6-12-8-17-10-18-13(12)9-19/h1-5,8,10,14H,6-7,9H2,(H2,16,20). The van der Waals surface area contributed by atoms with Crippen molar-refractivity contribution < 1.29 is 4.79 Å². The highest BCUT2D eigenvalue weighted by atomic mass is 16.1. The van der Waals surface area contributed by atoms with E-state index in [0.29, 0.717) is 6.54 Å². The van der Waals surface area contributed by atoms with Crippen LogP contribution in [0.15, 0.2) is 42.9 Å². The summed E-state index contributed by atoms with van der Waals surface area (Å²) in [6, 6.07) is 9.24. The van der Waals surface area contributed by atoms with Crippen molar-refractivity contribution >= 4 is 5.91 Å². The summed E-state index contributed by atoms with van der Waals surface area (Å²) in [5.74, 6) is -0.325. The first-order chi connectivity index (χ1) is 9.75. The van der Waals surface area contributed by atoms with Crippen LogP contribution < -0.4 is 5.73 Å². The lowest BCUT2D eigenvalue weighted by molar-refractivity contribution is -0.123. The lowest BCUT2D eigenvalue weighted by Crippen LogP contribution is -2.41. The van der Waals surface area contributed by atoms with Gasteiger partial charge < -0.3 is 5.73 Å². The van der Waals surface area contributed by atoms with E-state index in [-0.39, 0.29) is 5.91 Å². The third kappa shape index (κ3) is 2.40. The molecule has 2 N–H and O–H groups in total. The number of hydrogen-bond donors (Lipinski definition) is 1. The van der Waals surface area contributed by atoms with Gasteiger partial charge in [-0.3, -0.25) is 9.69 Å². The number of rotatable bonds is 3. The van der Waals surface area contributed by atoms with Crippen LogP contribution in [0.2, 0.25) is 0 Å². The molecule has 0 aliphatic carbocycles. The molecule has 5 heteroatoms. The molecule has 0 saturated carbocycles. The summed E-state index contributed by atoms with van der Waals surface area (Å²) in [6.07, 6.45) is 4.23. The summed E-state index contributed by atoms with van der Waals surface area (Å²) in [7, 11) is 0. The maximum atomic E-state index is 11.9. The lowest BCUT2D eigenvalue weighted by Gasteiger charge is -2.33. The molecule has 2 heterocycles. The van der Waals surface area contributed by atoms with Crippen LogP contribution in [0.1, 0.15) is 22.9 Å². The Hall–Kier alpha value is -2.27. The van der Waals surface area contributed by atoms with E-state index in [1.165, 1.54) is 0 Å². The summed E-state index contributed by atoms with van der Waals surface area (Å²) < 4.78 is 0. The van der Waals surface area contributed by atoms with Gasteiger partial charge in [0.05, 0.1) is 5.69 Å². The molecule has 1 atom stereocenters. The van der Waals surface area contributed by atoms with Gasteiger partial charge >= 0.3 is 0 Å². The van der Waals surface area contributed by atoms with Crippen LogP contribution in [0, 0.1) is 0 Å². The molecule has 3 rings (SSSR count). The molecule has 1 unspecified atom stereocenters. The fraction of sp³-hybridized carbons (Fsp3) is 0.267. The third-order valence-electron chi connectivity index (χ3n) is 3.65. The number of nitrogens with two attached hydrogens (primary N) is 1. The monoisotopic (exact) mass is 268 g/mol. The predicted octanol–water partition coefficient (Wildman–Crippen LogP) is 1.06. The van der Waals surface area contributed by atoms with Crippen LogP contribution >= 0.6 is 0 Å². The maximum absolute atomic E-state index is 11.9. The Morgan fingerprint density at radius 2 is 2.10 bits per heavy atom. The van der Waals surface area contributed by atoms with Gasteiger partial charge in [0.2, 0.25) is 5.91 Å². The van der Waals surface area contributed by atoms with Gasteiger partial charge in [-0.25, -0.2) is 9.97 Å². The summed E-state index contributed by atoms with van der Waals surface area (Å²) in [4.78, 5) is 22.3. The summed E-state index contributed by atoms with van der Waals surface area (Å²) in [5.41, 5.74) is 8.67. The largest absolute Gasteiger partial charge is 0.368 e. The zero-order valence-electron chi connectivity index (χ0n) is 11.1. The Bertz CT molecular complexity index is 614. The molecule has 20 heavy (non-hydrogen) atoms. The van der Waals surface area contributed by atoms with E-state index in [0.717, 1.165) is 29.8 Å². The first kappa shape index (κ1) is 12.7. The van der Waals surface area contributed by atoms with E-state index in [1.807, 2.05) is 36.5 Å². The van der Waals surface area contributed by atoms with Crippen LogP contribution in [0.5, 0.6) is 0 Å². The number of hydrogen-bond acceptors (Lipinski definition) is 4. The number of primary amides is 1. The highest BCUT2D eigenvalue weighted by Gasteiger charge is 2.29. The van der Waals surface area contributed by atoms with E-state index < -0.39 is 6.04 Å². The molecule has 1 aliphatic rings. The number of amides is 1. The number of carbonyl (C=O) groups is 1. The molecular formula is C15H16N4O. The van der Waals surface area contributed by atoms with E-state index in [2.05, 4.69) is 14.9 Å². The lowest BCUT2D eigenvalue weighted by atomic mass is 10.00. The van der Waals surface area contributed by atoms with Crippen LogP contribution in [0.25, 0.3) is 0 Å². The maximum Gasteiger partial charge on any atom is 0.239 e. The minimum absolute atomic E-state index is 0.325. The van der Waals surface area contributed by atoms with Crippen LogP contribution in [0.3, 0.4) is 0 Å². The quantitative estimate of drug-likeness (QED) is 0.903. The highest BCUT2D eigenvalue weighted by molar-refractivity contribution is 5.81. The van der Waals surface area contributed by atoms with Crippen molar-refractivity contribution in [3.63, 3.8) is 0 Å². The Kier molecular flexibility index (Phi) is 3.43. The molecule has 0 bridgehead atoms. The van der Waals surface area contributed by atoms with Crippen LogP contribution in [-0.2, 0) is 17.8 Å². The van der Waals surface area contributed by atoms with Gasteiger partial charge in [-0.05, 0) is 17.5 Å². The van der Waals surface area contributed by atoms with Gasteiger partial charge in [-0.1, -0.05) is 30.3 Å². The molecule has 1 amide bonds. The Labute approximate surface area is 117 Å². The Balaban J connectivity index is 1.89. The molecular weight excluding hydrogens is 252 g/mol. The summed E-state index contributed by atoms with van der Waals surface area (Å²) in [5, 5.41) is 0. The third-order valence-corrected chi connectivity index (χ3v) is 3.65. The van der Waals surface area contributed by atoms with Gasteiger partial charge in [0.1, 0.15) is 12.4 Å². The molecule has 102 valence electrons. The molecule has 0 radical (unpaired) electrons. The topological polar surface area (TPSA) is 72.1 Å². The van der Waals surface area contributed by atoms with Crippen molar-refractivity contribution in [3.05, 3.63) is 59.7 Å². The van der Waals surface area contributed by atoms with Crippen molar-refractivity contribution in [2.75, 3.05) is 6.54 Å². The van der Waals surface area contributed by atoms with Crippen molar-refractivity contribution in [1.29, 1.82) is 0 Å². The molecule has 1 aromatic carbocycles. The van der Waals surface area contributed by atoms with Gasteiger partial charge in [-0.2, -0.15) is 0 Å². The Morgan fingerprint density at radius 1 is 1.30 bits per heavy atom. The van der Waals surface area contributed by atoms with Gasteiger partial charge in [0, 0.05) is 19.3 Å². The molecule has 2 aromatic rings. The predicted molar refractivity (Wildman–Crippen MR) is 74.5 cm³/mol. The second kappa shape index (κ2) is 5.38. The first-order valence-electron chi connectivity index (χ1n) is 6.62. The summed E-state index contributed by atoms with van der Waals surface area (Å²) >= 11 is 0. The molecule has 5 nitrogen and oxygen atoms in total. The van der Waals surface area contributed by atoms with E-state index in [9.17, 15) is 4.79 Å². The highest BCUT2D eigenvalue weighted by Crippen LogP contribution is 2.26. The molecule has 1 aliphatic heterocycles. The van der Waals surface area contributed by atoms with Crippen molar-refractivity contribution in [2.24, 2.45) is 5.73 Å². The summed E-state index contributed by atoms with van der Waals surface area (Å²) in [6.45, 7) is 1.41.